The standard InChI is InChI=1S/C2H3BO6.K.H/c4-1(5)2(6)9-3(7)8;;/h7-8H,(H,4,5);;/q;+1;-1. The molecule has 0 saturated carbocycles. The molecule has 0 saturated heterocycles. The van der Waals surface area contributed by atoms with E-state index in [0.29, 0.717) is 0 Å². The van der Waals surface area contributed by atoms with Crippen molar-refractivity contribution >= 4 is 19.3 Å². The first-order chi connectivity index (χ1) is 4.04. The second-order valence-corrected chi connectivity index (χ2v) is 1.04. The van der Waals surface area contributed by atoms with Gasteiger partial charge in [-0.15, -0.1) is 0 Å². The molecule has 0 aromatic heterocycles. The molecule has 0 radical (unpaired) electrons. The van der Waals surface area contributed by atoms with Gasteiger partial charge in [0.25, 0.3) is 0 Å². The van der Waals surface area contributed by atoms with Gasteiger partial charge >= 0.3 is 70.6 Å². The number of carboxylic acids is 1. The van der Waals surface area contributed by atoms with Gasteiger partial charge in [0.15, 0.2) is 0 Å². The molecule has 0 amide bonds. The molecular formula is C2H4BKO6. The number of carboxylic acid groups (broad SMARTS) is 1. The van der Waals surface area contributed by atoms with Crippen molar-refractivity contribution in [2.45, 2.75) is 0 Å². The Hall–Kier alpha value is 0.561. The molecule has 0 spiro atoms. The summed E-state index contributed by atoms with van der Waals surface area (Å²) >= 11 is 0. The SMILES string of the molecule is O=C(O)C(=O)OB(O)O.[H-].[K+]. The fraction of sp³-hybridized carbons (Fsp3) is 0. The summed E-state index contributed by atoms with van der Waals surface area (Å²) in [6.07, 6.45) is 0. The minimum Gasteiger partial charge on any atom is -1.00 e. The smallest absolute Gasteiger partial charge is 1.00 e. The van der Waals surface area contributed by atoms with Gasteiger partial charge in [0.05, 0.1) is 0 Å². The molecule has 0 rings (SSSR count). The van der Waals surface area contributed by atoms with E-state index in [2.05, 4.69) is 4.65 Å². The summed E-state index contributed by atoms with van der Waals surface area (Å²) < 4.78 is 3.38. The maximum atomic E-state index is 9.81. The number of carbonyl (C=O) groups is 2. The third kappa shape index (κ3) is 6.68. The molecule has 0 fully saturated rings. The molecule has 6 nitrogen and oxygen atoms in total. The number of carbonyl (C=O) groups excluding carboxylic acids is 1. The summed E-state index contributed by atoms with van der Waals surface area (Å²) in [7, 11) is -2.37. The van der Waals surface area contributed by atoms with Crippen molar-refractivity contribution in [2.75, 3.05) is 0 Å². The largest absolute Gasteiger partial charge is 1.00 e. The first-order valence-electron chi connectivity index (χ1n) is 1.84. The molecule has 0 aromatic carbocycles. The van der Waals surface area contributed by atoms with Crippen molar-refractivity contribution < 1.29 is 82.2 Å². The molecule has 0 atom stereocenters. The average molecular weight is 174 g/mol. The van der Waals surface area contributed by atoms with E-state index in [-0.39, 0.29) is 52.8 Å². The van der Waals surface area contributed by atoms with Crippen LogP contribution in [0.4, 0.5) is 0 Å². The Bertz CT molecular complexity index is 139. The second-order valence-electron chi connectivity index (χ2n) is 1.04. The number of hydrogen-bond donors (Lipinski definition) is 3. The molecular weight excluding hydrogens is 170 g/mol. The summed E-state index contributed by atoms with van der Waals surface area (Å²) in [4.78, 5) is 19.3. The normalized spacial score (nSPS) is 7.40. The van der Waals surface area contributed by atoms with Crippen LogP contribution in [0.25, 0.3) is 0 Å². The van der Waals surface area contributed by atoms with E-state index in [1.807, 2.05) is 0 Å². The zero-order valence-corrected chi connectivity index (χ0v) is 8.27. The van der Waals surface area contributed by atoms with E-state index >= 15 is 0 Å². The predicted octanol–water partition coefficient (Wildman–Crippen LogP) is -5.30. The Balaban J connectivity index is -0.000000320. The fourth-order valence-electron chi connectivity index (χ4n) is 0.146. The van der Waals surface area contributed by atoms with Crippen molar-refractivity contribution in [1.82, 2.24) is 0 Å². The van der Waals surface area contributed by atoms with Crippen LogP contribution in [-0.2, 0) is 14.2 Å². The molecule has 3 N–H and O–H groups in total. The van der Waals surface area contributed by atoms with Gasteiger partial charge in [0.1, 0.15) is 0 Å². The minimum atomic E-state index is -2.37. The number of hydrogen-bond acceptors (Lipinski definition) is 5. The van der Waals surface area contributed by atoms with Gasteiger partial charge in [-0.05, 0) is 0 Å². The molecule has 0 heterocycles. The van der Waals surface area contributed by atoms with E-state index in [9.17, 15) is 9.59 Å². The maximum Gasteiger partial charge on any atom is 1.00 e. The van der Waals surface area contributed by atoms with Crippen LogP contribution in [0.3, 0.4) is 0 Å². The predicted molar refractivity (Wildman–Crippen MR) is 25.0 cm³/mol. The van der Waals surface area contributed by atoms with E-state index < -0.39 is 19.3 Å². The summed E-state index contributed by atoms with van der Waals surface area (Å²) in [6, 6.07) is 0. The van der Waals surface area contributed by atoms with Crippen LogP contribution in [0.1, 0.15) is 1.43 Å². The van der Waals surface area contributed by atoms with Gasteiger partial charge in [-0.25, -0.2) is 9.59 Å². The van der Waals surface area contributed by atoms with Gasteiger partial charge in [-0.3, -0.25) is 0 Å². The van der Waals surface area contributed by atoms with E-state index in [1.165, 1.54) is 0 Å². The van der Waals surface area contributed by atoms with Crippen LogP contribution >= 0.6 is 0 Å². The van der Waals surface area contributed by atoms with Gasteiger partial charge in [-0.2, -0.15) is 0 Å². The Morgan fingerprint density at radius 2 is 1.80 bits per heavy atom. The molecule has 0 bridgehead atoms. The number of aliphatic carboxylic acids is 1. The summed E-state index contributed by atoms with van der Waals surface area (Å²) in [6.45, 7) is 0. The van der Waals surface area contributed by atoms with Gasteiger partial charge in [0.2, 0.25) is 0 Å². The summed E-state index contributed by atoms with van der Waals surface area (Å²) in [5.41, 5.74) is 0. The zero-order chi connectivity index (χ0) is 7.44. The Morgan fingerprint density at radius 3 is 1.90 bits per heavy atom. The van der Waals surface area contributed by atoms with Gasteiger partial charge in [0, 0.05) is 0 Å². The van der Waals surface area contributed by atoms with Gasteiger partial charge < -0.3 is 21.2 Å². The van der Waals surface area contributed by atoms with Crippen LogP contribution < -0.4 is 51.4 Å². The topological polar surface area (TPSA) is 104 Å². The van der Waals surface area contributed by atoms with Crippen LogP contribution in [-0.4, -0.2) is 34.4 Å². The second kappa shape index (κ2) is 6.28. The third-order valence-corrected chi connectivity index (χ3v) is 0.387. The fourth-order valence-corrected chi connectivity index (χ4v) is 0.146. The Morgan fingerprint density at radius 1 is 1.40 bits per heavy atom. The summed E-state index contributed by atoms with van der Waals surface area (Å²) in [5, 5.41) is 23.4. The molecule has 0 unspecified atom stereocenters. The third-order valence-electron chi connectivity index (χ3n) is 0.387. The van der Waals surface area contributed by atoms with E-state index in [1.54, 1.807) is 0 Å². The first kappa shape index (κ1) is 13.2. The first-order valence-corrected chi connectivity index (χ1v) is 1.84. The maximum absolute atomic E-state index is 9.81. The van der Waals surface area contributed by atoms with Crippen LogP contribution in [0.2, 0.25) is 0 Å². The molecule has 52 valence electrons. The molecule has 0 aliphatic rings. The Kier molecular flexibility index (Phi) is 8.28. The van der Waals surface area contributed by atoms with Crippen molar-refractivity contribution in [1.29, 1.82) is 0 Å². The molecule has 8 heteroatoms. The molecule has 0 aliphatic carbocycles. The summed E-state index contributed by atoms with van der Waals surface area (Å²) in [5.74, 6) is -3.58. The van der Waals surface area contributed by atoms with Crippen LogP contribution in [0.5, 0.6) is 0 Å². The van der Waals surface area contributed by atoms with Gasteiger partial charge in [-0.1, -0.05) is 0 Å². The monoisotopic (exact) mass is 174 g/mol. The molecule has 0 aliphatic heterocycles. The van der Waals surface area contributed by atoms with E-state index in [0.717, 1.165) is 0 Å². The van der Waals surface area contributed by atoms with Crippen molar-refractivity contribution in [2.24, 2.45) is 0 Å². The van der Waals surface area contributed by atoms with Crippen LogP contribution in [0.15, 0.2) is 0 Å². The minimum absolute atomic E-state index is 0. The Labute approximate surface area is 100 Å². The zero-order valence-electron chi connectivity index (χ0n) is 6.14. The van der Waals surface area contributed by atoms with Crippen molar-refractivity contribution in [3.05, 3.63) is 0 Å². The molecule has 0 aromatic rings. The van der Waals surface area contributed by atoms with Crippen LogP contribution in [0, 0.1) is 0 Å². The number of rotatable bonds is 1. The van der Waals surface area contributed by atoms with Crippen molar-refractivity contribution in [3.63, 3.8) is 0 Å². The van der Waals surface area contributed by atoms with Crippen molar-refractivity contribution in [3.8, 4) is 0 Å². The average Bonchev–Trinajstić information content (AvgIpc) is 1.63. The van der Waals surface area contributed by atoms with E-state index in [4.69, 9.17) is 15.2 Å². The molecule has 10 heavy (non-hydrogen) atoms. The quantitative estimate of drug-likeness (QED) is 0.271.